The molecule has 1 heterocycles. The highest BCUT2D eigenvalue weighted by atomic mass is 16.5. The van der Waals surface area contributed by atoms with E-state index in [0.29, 0.717) is 5.92 Å². The van der Waals surface area contributed by atoms with Crippen LogP contribution in [0, 0.1) is 11.8 Å². The van der Waals surface area contributed by atoms with Gasteiger partial charge in [-0.1, -0.05) is 18.6 Å². The van der Waals surface area contributed by atoms with Crippen molar-refractivity contribution in [2.75, 3.05) is 13.2 Å². The summed E-state index contributed by atoms with van der Waals surface area (Å²) in [6.45, 7) is 0.568. The van der Waals surface area contributed by atoms with E-state index in [2.05, 4.69) is 10.6 Å². The normalized spacial score (nSPS) is 30.6. The average Bonchev–Trinajstić information content (AvgIpc) is 3.29. The van der Waals surface area contributed by atoms with Crippen molar-refractivity contribution in [3.8, 4) is 0 Å². The molecule has 3 N–H and O–H groups in total. The number of aliphatic hydroxyl groups is 1. The van der Waals surface area contributed by atoms with Crippen LogP contribution in [0.3, 0.4) is 0 Å². The minimum atomic E-state index is -0.495. The smallest absolute Gasteiger partial charge is 0.223 e. The van der Waals surface area contributed by atoms with Gasteiger partial charge in [-0.25, -0.2) is 0 Å². The summed E-state index contributed by atoms with van der Waals surface area (Å²) in [4.78, 5) is 23.9. The lowest BCUT2D eigenvalue weighted by Crippen LogP contribution is -2.51. The Kier molecular flexibility index (Phi) is 5.33. The topological polar surface area (TPSA) is 87.7 Å². The second-order valence-corrected chi connectivity index (χ2v) is 6.89. The molecule has 0 saturated heterocycles. The van der Waals surface area contributed by atoms with Crippen molar-refractivity contribution in [1.29, 1.82) is 0 Å². The molecule has 0 spiro atoms. The molecule has 2 fully saturated rings. The Labute approximate surface area is 136 Å². The molecule has 6 nitrogen and oxygen atoms in total. The maximum absolute atomic E-state index is 12.0. The molecule has 128 valence electrons. The summed E-state index contributed by atoms with van der Waals surface area (Å²) in [6, 6.07) is -0.320. The van der Waals surface area contributed by atoms with Crippen LogP contribution in [0.25, 0.3) is 0 Å². The first-order chi connectivity index (χ1) is 11.2. The number of hydrogen-bond acceptors (Lipinski definition) is 4. The van der Waals surface area contributed by atoms with Gasteiger partial charge in [-0.05, 0) is 31.6 Å². The Morgan fingerprint density at radius 3 is 2.57 bits per heavy atom. The number of amides is 2. The molecule has 2 amide bonds. The third-order valence-corrected chi connectivity index (χ3v) is 4.92. The van der Waals surface area contributed by atoms with Crippen LogP contribution < -0.4 is 10.6 Å². The van der Waals surface area contributed by atoms with Crippen LogP contribution >= 0.6 is 0 Å². The summed E-state index contributed by atoms with van der Waals surface area (Å²) in [7, 11) is 0. The summed E-state index contributed by atoms with van der Waals surface area (Å²) in [5.41, 5.74) is 0. The number of aliphatic hydroxyl groups excluding tert-OH is 1. The fourth-order valence-corrected chi connectivity index (χ4v) is 2.92. The third-order valence-electron chi connectivity index (χ3n) is 4.92. The van der Waals surface area contributed by atoms with E-state index in [4.69, 9.17) is 4.74 Å². The van der Waals surface area contributed by atoms with Crippen LogP contribution in [-0.2, 0) is 14.3 Å². The second-order valence-electron chi connectivity index (χ2n) is 6.89. The van der Waals surface area contributed by atoms with Gasteiger partial charge in [0.1, 0.15) is 6.10 Å². The lowest BCUT2D eigenvalue weighted by atomic mass is 9.84. The van der Waals surface area contributed by atoms with Crippen LogP contribution in [0.5, 0.6) is 0 Å². The number of carbonyl (C=O) groups excluding carboxylic acids is 2. The zero-order valence-corrected chi connectivity index (χ0v) is 13.4. The standard InChI is InChI=1S/C17H26N2O4/c20-10-15-14(19-17(22)12-2-1-3-12)7-6-13(23-15)8-16(21)18-9-11-4-5-11/h6-7,11-15,20H,1-5,8-10H2,(H,18,21)(H,19,22)/t13-,14-,15+/m0/s1. The molecule has 0 aromatic carbocycles. The van der Waals surface area contributed by atoms with Gasteiger partial charge in [-0.15, -0.1) is 0 Å². The van der Waals surface area contributed by atoms with Gasteiger partial charge in [-0.3, -0.25) is 9.59 Å². The molecule has 2 aliphatic carbocycles. The summed E-state index contributed by atoms with van der Waals surface area (Å²) >= 11 is 0. The molecule has 0 aromatic rings. The first-order valence-corrected chi connectivity index (χ1v) is 8.67. The maximum atomic E-state index is 12.0. The van der Waals surface area contributed by atoms with Gasteiger partial charge in [0.15, 0.2) is 0 Å². The van der Waals surface area contributed by atoms with Gasteiger partial charge < -0.3 is 20.5 Å². The third kappa shape index (κ3) is 4.54. The van der Waals surface area contributed by atoms with E-state index in [1.807, 2.05) is 12.2 Å². The Hall–Kier alpha value is -1.40. The SMILES string of the molecule is O=C(C[C@@H]1C=C[C@H](NC(=O)C2CCC2)[C@@H](CO)O1)NCC1CC1. The van der Waals surface area contributed by atoms with Crippen molar-refractivity contribution in [3.63, 3.8) is 0 Å². The molecule has 23 heavy (non-hydrogen) atoms. The van der Waals surface area contributed by atoms with Crippen molar-refractivity contribution >= 4 is 11.8 Å². The predicted molar refractivity (Wildman–Crippen MR) is 84.5 cm³/mol. The molecule has 3 atom stereocenters. The lowest BCUT2D eigenvalue weighted by molar-refractivity contribution is -0.131. The second kappa shape index (κ2) is 7.45. The van der Waals surface area contributed by atoms with E-state index in [-0.39, 0.29) is 42.9 Å². The highest BCUT2D eigenvalue weighted by molar-refractivity contribution is 5.80. The van der Waals surface area contributed by atoms with E-state index in [1.54, 1.807) is 0 Å². The van der Waals surface area contributed by atoms with Crippen LogP contribution in [0.1, 0.15) is 38.5 Å². The molecule has 0 bridgehead atoms. The first kappa shape index (κ1) is 16.5. The number of hydrogen-bond donors (Lipinski definition) is 3. The van der Waals surface area contributed by atoms with Crippen molar-refractivity contribution in [3.05, 3.63) is 12.2 Å². The number of carbonyl (C=O) groups is 2. The highest BCUT2D eigenvalue weighted by Crippen LogP contribution is 2.28. The summed E-state index contributed by atoms with van der Waals surface area (Å²) < 4.78 is 5.76. The Balaban J connectivity index is 1.47. The minimum absolute atomic E-state index is 0.0276. The Bertz CT molecular complexity index is 471. The van der Waals surface area contributed by atoms with Gasteiger partial charge in [0.2, 0.25) is 11.8 Å². The zero-order valence-electron chi connectivity index (χ0n) is 13.4. The van der Waals surface area contributed by atoms with E-state index < -0.39 is 6.10 Å². The average molecular weight is 322 g/mol. The van der Waals surface area contributed by atoms with E-state index >= 15 is 0 Å². The number of rotatable bonds is 7. The summed E-state index contributed by atoms with van der Waals surface area (Å²) in [5, 5.41) is 15.4. The fraction of sp³-hybridized carbons (Fsp3) is 0.765. The quantitative estimate of drug-likeness (QED) is 0.596. The summed E-state index contributed by atoms with van der Waals surface area (Å²) in [5.74, 6) is 0.764. The van der Waals surface area contributed by atoms with Gasteiger partial charge >= 0.3 is 0 Å². The fourth-order valence-electron chi connectivity index (χ4n) is 2.92. The van der Waals surface area contributed by atoms with Crippen LogP contribution in [-0.4, -0.2) is 48.3 Å². The molecule has 0 radical (unpaired) electrons. The largest absolute Gasteiger partial charge is 0.394 e. The number of ether oxygens (including phenoxy) is 1. The van der Waals surface area contributed by atoms with E-state index in [0.717, 1.165) is 25.8 Å². The molecule has 3 aliphatic rings. The minimum Gasteiger partial charge on any atom is -0.394 e. The predicted octanol–water partition coefficient (Wildman–Crippen LogP) is 0.503. The van der Waals surface area contributed by atoms with Gasteiger partial charge in [-0.2, -0.15) is 0 Å². The van der Waals surface area contributed by atoms with Gasteiger partial charge in [0.25, 0.3) is 0 Å². The molecule has 0 unspecified atom stereocenters. The van der Waals surface area contributed by atoms with Crippen LogP contribution in [0.2, 0.25) is 0 Å². The first-order valence-electron chi connectivity index (χ1n) is 8.67. The zero-order chi connectivity index (χ0) is 16.2. The van der Waals surface area contributed by atoms with E-state index in [9.17, 15) is 14.7 Å². The lowest BCUT2D eigenvalue weighted by Gasteiger charge is -2.33. The van der Waals surface area contributed by atoms with Crippen molar-refractivity contribution in [1.82, 2.24) is 10.6 Å². The van der Waals surface area contributed by atoms with Crippen LogP contribution in [0.4, 0.5) is 0 Å². The Morgan fingerprint density at radius 2 is 1.96 bits per heavy atom. The molecular weight excluding hydrogens is 296 g/mol. The van der Waals surface area contributed by atoms with Crippen molar-refractivity contribution < 1.29 is 19.4 Å². The molecule has 3 rings (SSSR count). The van der Waals surface area contributed by atoms with Gasteiger partial charge in [0.05, 0.1) is 25.2 Å². The molecular formula is C17H26N2O4. The van der Waals surface area contributed by atoms with Gasteiger partial charge in [0, 0.05) is 12.5 Å². The van der Waals surface area contributed by atoms with Crippen molar-refractivity contribution in [2.24, 2.45) is 11.8 Å². The van der Waals surface area contributed by atoms with Crippen molar-refractivity contribution in [2.45, 2.75) is 56.8 Å². The maximum Gasteiger partial charge on any atom is 0.223 e. The molecule has 6 heteroatoms. The van der Waals surface area contributed by atoms with E-state index in [1.165, 1.54) is 12.8 Å². The molecule has 2 saturated carbocycles. The molecule has 0 aromatic heterocycles. The molecule has 1 aliphatic heterocycles. The summed E-state index contributed by atoms with van der Waals surface area (Å²) in [6.07, 6.45) is 8.47. The Morgan fingerprint density at radius 1 is 1.17 bits per heavy atom. The monoisotopic (exact) mass is 322 g/mol. The number of nitrogens with one attached hydrogen (secondary N) is 2. The van der Waals surface area contributed by atoms with Crippen LogP contribution in [0.15, 0.2) is 12.2 Å². The highest BCUT2D eigenvalue weighted by Gasteiger charge is 2.32.